The van der Waals surface area contributed by atoms with Crippen LogP contribution in [0.4, 0.5) is 20.7 Å². The Hall–Kier alpha value is -3.91. The van der Waals surface area contributed by atoms with Gasteiger partial charge < -0.3 is 25.3 Å². The summed E-state index contributed by atoms with van der Waals surface area (Å²) in [6.45, 7) is 13.6. The number of nitrogens with one attached hydrogen (secondary N) is 3. The number of H-pyrrole nitrogens is 1. The molecule has 220 valence electrons. The molecular weight excluding hydrogens is 525 g/mol. The zero-order valence-corrected chi connectivity index (χ0v) is 24.8. The number of fused-ring (bicyclic) bond motifs is 1. The molecule has 1 aromatic carbocycles. The molecule has 3 heterocycles. The summed E-state index contributed by atoms with van der Waals surface area (Å²) in [6.07, 6.45) is -0.824. The van der Waals surface area contributed by atoms with Crippen LogP contribution in [-0.4, -0.2) is 56.7 Å². The molecule has 2 aromatic heterocycles. The number of ether oxygens (including phenoxy) is 1. The van der Waals surface area contributed by atoms with Crippen LogP contribution in [0.1, 0.15) is 66.9 Å². The largest absolute Gasteiger partial charge is 0.444 e. The predicted molar refractivity (Wildman–Crippen MR) is 157 cm³/mol. The summed E-state index contributed by atoms with van der Waals surface area (Å²) in [5, 5.41) is 21.5. The minimum atomic E-state index is -1.63. The Morgan fingerprint density at radius 2 is 1.93 bits per heavy atom. The first kappa shape index (κ1) is 30.1. The smallest absolute Gasteiger partial charge is 0.410 e. The third-order valence-corrected chi connectivity index (χ3v) is 7.36. The van der Waals surface area contributed by atoms with Gasteiger partial charge in [0.1, 0.15) is 22.7 Å². The number of amides is 1. The van der Waals surface area contributed by atoms with E-state index in [0.29, 0.717) is 17.2 Å². The molecule has 2 atom stereocenters. The monoisotopic (exact) mass is 565 g/mol. The van der Waals surface area contributed by atoms with E-state index >= 15 is 4.39 Å². The number of halogens is 1. The van der Waals surface area contributed by atoms with Gasteiger partial charge in [-0.3, -0.25) is 9.48 Å². The summed E-state index contributed by atoms with van der Waals surface area (Å²) in [7, 11) is 0. The average molecular weight is 566 g/mol. The zero-order valence-electron chi connectivity index (χ0n) is 24.8. The number of pyridine rings is 1. The first-order chi connectivity index (χ1) is 19.2. The third-order valence-electron chi connectivity index (χ3n) is 7.36. The van der Waals surface area contributed by atoms with Crippen LogP contribution in [0.5, 0.6) is 0 Å². The highest BCUT2D eigenvalue weighted by Crippen LogP contribution is 2.39. The Kier molecular flexibility index (Phi) is 8.18. The van der Waals surface area contributed by atoms with E-state index in [9.17, 15) is 14.9 Å². The maximum Gasteiger partial charge on any atom is 0.410 e. The van der Waals surface area contributed by atoms with Gasteiger partial charge in [0.05, 0.1) is 24.6 Å². The number of carbonyl (C=O) groups is 1. The van der Waals surface area contributed by atoms with Crippen molar-refractivity contribution >= 4 is 28.5 Å². The van der Waals surface area contributed by atoms with Crippen molar-refractivity contribution in [3.05, 3.63) is 52.4 Å². The number of piperidine rings is 1. The number of rotatable bonds is 7. The van der Waals surface area contributed by atoms with Crippen LogP contribution in [-0.2, 0) is 15.8 Å². The zero-order chi connectivity index (χ0) is 30.2. The van der Waals surface area contributed by atoms with E-state index < -0.39 is 23.4 Å². The van der Waals surface area contributed by atoms with Crippen molar-refractivity contribution in [1.82, 2.24) is 25.0 Å². The summed E-state index contributed by atoms with van der Waals surface area (Å²) in [5.74, 6) is 0.258. The van der Waals surface area contributed by atoms with Gasteiger partial charge in [0.2, 0.25) is 0 Å². The molecule has 1 aliphatic heterocycles. The summed E-state index contributed by atoms with van der Waals surface area (Å²) in [5.41, 5.74) is -0.530. The quantitative estimate of drug-likeness (QED) is 0.355. The Bertz CT molecular complexity index is 1500. The van der Waals surface area contributed by atoms with E-state index in [1.807, 2.05) is 24.3 Å². The second-order valence-electron chi connectivity index (χ2n) is 12.5. The lowest BCUT2D eigenvalue weighted by molar-refractivity contribution is -0.0166. The molecule has 1 amide bonds. The lowest BCUT2D eigenvalue weighted by Crippen LogP contribution is -2.56. The van der Waals surface area contributed by atoms with Gasteiger partial charge in [-0.25, -0.2) is 9.18 Å². The minimum Gasteiger partial charge on any atom is -0.444 e. The maximum atomic E-state index is 16.2. The molecule has 3 aromatic rings. The molecule has 1 fully saturated rings. The van der Waals surface area contributed by atoms with Crippen LogP contribution >= 0.6 is 0 Å². The number of alkyl halides is 1. The van der Waals surface area contributed by atoms with Crippen LogP contribution in [0, 0.1) is 11.3 Å². The highest BCUT2D eigenvalue weighted by atomic mass is 19.1. The number of nitrogens with zero attached hydrogens (tertiary/aromatic N) is 4. The van der Waals surface area contributed by atoms with Crippen molar-refractivity contribution in [2.45, 2.75) is 90.2 Å². The number of carbonyl (C=O) groups excluding carboxylic acids is 1. The molecule has 4 rings (SSSR count). The SMILES string of the molecule is CC(C)NC(C)(C)c1ccc(Nc2nn(C3(CC#N)CCN(C(=O)OC(C)(C)C)CC3F)c3cc[nH]c(=O)c23)cc1. The summed E-state index contributed by atoms with van der Waals surface area (Å²) < 4.78 is 23.1. The number of aromatic amines is 1. The Morgan fingerprint density at radius 1 is 1.24 bits per heavy atom. The van der Waals surface area contributed by atoms with Gasteiger partial charge in [0.15, 0.2) is 5.82 Å². The van der Waals surface area contributed by atoms with E-state index in [-0.39, 0.29) is 48.2 Å². The highest BCUT2D eigenvalue weighted by Gasteiger charge is 2.48. The van der Waals surface area contributed by atoms with Crippen molar-refractivity contribution in [3.63, 3.8) is 0 Å². The standard InChI is InChI=1S/C30H40FN7O3/c1-19(2)35-29(6,7)20-8-10-21(11-9-20)34-25-24-22(12-16-33-26(24)39)38(36-25)30(13-15-32)14-17-37(18-23(30)31)27(40)41-28(3,4)5/h8-12,16,19,23,35H,13-14,17-18H2,1-7H3,(H,33,39)(H,34,36). The summed E-state index contributed by atoms with van der Waals surface area (Å²) in [6, 6.07) is 11.9. The fourth-order valence-electron chi connectivity index (χ4n) is 5.50. The van der Waals surface area contributed by atoms with Gasteiger partial charge >= 0.3 is 6.09 Å². The molecule has 41 heavy (non-hydrogen) atoms. The second-order valence-corrected chi connectivity index (χ2v) is 12.5. The van der Waals surface area contributed by atoms with Crippen LogP contribution in [0.3, 0.4) is 0 Å². The number of hydrogen-bond acceptors (Lipinski definition) is 7. The van der Waals surface area contributed by atoms with Crippen molar-refractivity contribution in [3.8, 4) is 6.07 Å². The van der Waals surface area contributed by atoms with Crippen molar-refractivity contribution < 1.29 is 13.9 Å². The molecule has 11 heteroatoms. The van der Waals surface area contributed by atoms with Gasteiger partial charge in [0.25, 0.3) is 5.56 Å². The van der Waals surface area contributed by atoms with E-state index in [1.165, 1.54) is 15.8 Å². The number of hydrogen-bond donors (Lipinski definition) is 3. The fraction of sp³-hybridized carbons (Fsp3) is 0.533. The topological polar surface area (TPSA) is 128 Å². The molecule has 10 nitrogen and oxygen atoms in total. The number of likely N-dealkylation sites (tertiary alicyclic amines) is 1. The normalized spacial score (nSPS) is 19.8. The highest BCUT2D eigenvalue weighted by molar-refractivity contribution is 5.91. The molecule has 0 radical (unpaired) electrons. The number of aromatic nitrogens is 3. The predicted octanol–water partition coefficient (Wildman–Crippen LogP) is 5.29. The lowest BCUT2D eigenvalue weighted by Gasteiger charge is -2.43. The first-order valence-corrected chi connectivity index (χ1v) is 13.9. The van der Waals surface area contributed by atoms with Gasteiger partial charge in [-0.1, -0.05) is 26.0 Å². The van der Waals surface area contributed by atoms with E-state index in [2.05, 4.69) is 49.4 Å². The van der Waals surface area contributed by atoms with Gasteiger partial charge in [-0.2, -0.15) is 10.4 Å². The van der Waals surface area contributed by atoms with Crippen molar-refractivity contribution in [1.29, 1.82) is 5.26 Å². The van der Waals surface area contributed by atoms with E-state index in [1.54, 1.807) is 26.8 Å². The van der Waals surface area contributed by atoms with E-state index in [4.69, 9.17) is 9.84 Å². The molecule has 0 spiro atoms. The molecule has 0 bridgehead atoms. The Morgan fingerprint density at radius 3 is 2.51 bits per heavy atom. The summed E-state index contributed by atoms with van der Waals surface area (Å²) in [4.78, 5) is 29.7. The van der Waals surface area contributed by atoms with Crippen molar-refractivity contribution in [2.24, 2.45) is 0 Å². The van der Waals surface area contributed by atoms with Gasteiger partial charge in [-0.15, -0.1) is 0 Å². The maximum absolute atomic E-state index is 16.2. The fourth-order valence-corrected chi connectivity index (χ4v) is 5.50. The number of nitriles is 1. The second kappa shape index (κ2) is 11.2. The third kappa shape index (κ3) is 6.22. The minimum absolute atomic E-state index is 0.122. The molecule has 3 N–H and O–H groups in total. The van der Waals surface area contributed by atoms with Crippen LogP contribution in [0.25, 0.3) is 10.9 Å². The molecular formula is C30H40FN7O3. The summed E-state index contributed by atoms with van der Waals surface area (Å²) >= 11 is 0. The van der Waals surface area contributed by atoms with Crippen molar-refractivity contribution in [2.75, 3.05) is 18.4 Å². The molecule has 0 saturated carbocycles. The molecule has 1 saturated heterocycles. The van der Waals surface area contributed by atoms with E-state index in [0.717, 1.165) is 5.56 Å². The Labute approximate surface area is 239 Å². The number of benzene rings is 1. The van der Waals surface area contributed by atoms with Crippen LogP contribution in [0.15, 0.2) is 41.3 Å². The molecule has 0 aliphatic carbocycles. The van der Waals surface area contributed by atoms with Crippen LogP contribution in [0.2, 0.25) is 0 Å². The lowest BCUT2D eigenvalue weighted by atomic mass is 9.83. The molecule has 2 unspecified atom stereocenters. The molecule has 1 aliphatic rings. The van der Waals surface area contributed by atoms with Gasteiger partial charge in [-0.05, 0) is 64.8 Å². The first-order valence-electron chi connectivity index (χ1n) is 13.9. The Balaban J connectivity index is 1.70. The van der Waals surface area contributed by atoms with Gasteiger partial charge in [0, 0.05) is 30.0 Å². The average Bonchev–Trinajstić information content (AvgIpc) is 3.24. The number of anilines is 2. The van der Waals surface area contributed by atoms with Crippen LogP contribution < -0.4 is 16.2 Å².